The molecule has 0 amide bonds. The maximum Gasteiger partial charge on any atom is 0.488 e. The summed E-state index contributed by atoms with van der Waals surface area (Å²) < 4.78 is 15.0. The first-order valence-electron chi connectivity index (χ1n) is 5.76. The van der Waals surface area contributed by atoms with Gasteiger partial charge in [-0.25, -0.2) is 4.79 Å². The minimum absolute atomic E-state index is 0.185. The Kier molecular flexibility index (Phi) is 6.75. The molecule has 16 heavy (non-hydrogen) atoms. The van der Waals surface area contributed by atoms with Gasteiger partial charge in [0.05, 0.1) is 0 Å². The Bertz CT molecular complexity index is 238. The van der Waals surface area contributed by atoms with E-state index in [0.29, 0.717) is 19.3 Å². The predicted octanol–water partition coefficient (Wildman–Crippen LogP) is 2.77. The lowest BCUT2D eigenvalue weighted by atomic mass is 9.94. The number of carbonyl (C=O) groups excluding carboxylic acids is 1. The van der Waals surface area contributed by atoms with Crippen LogP contribution in [0.25, 0.3) is 0 Å². The first kappa shape index (κ1) is 15.5. The zero-order valence-electron chi connectivity index (χ0n) is 11.0. The average Bonchev–Trinajstić information content (AvgIpc) is 2.15. The van der Waals surface area contributed by atoms with Crippen LogP contribution in [0, 0.1) is 5.41 Å². The summed E-state index contributed by atoms with van der Waals surface area (Å²) in [6, 6.07) is 0.702. The van der Waals surface area contributed by atoms with E-state index >= 15 is 0 Å². The molecular formula is C11H23NO3Si. The summed E-state index contributed by atoms with van der Waals surface area (Å²) in [4.78, 5) is 10.5. The van der Waals surface area contributed by atoms with E-state index in [1.165, 1.54) is 0 Å². The number of nitrogens with zero attached hydrogens (tertiary/aromatic N) is 1. The zero-order valence-corrected chi connectivity index (χ0v) is 12.0. The van der Waals surface area contributed by atoms with Crippen LogP contribution in [0.1, 0.15) is 41.0 Å². The lowest BCUT2D eigenvalue weighted by molar-refractivity contribution is 0.179. The van der Waals surface area contributed by atoms with Gasteiger partial charge in [0, 0.05) is 19.3 Å². The van der Waals surface area contributed by atoms with Gasteiger partial charge in [-0.1, -0.05) is 20.8 Å². The van der Waals surface area contributed by atoms with Gasteiger partial charge in [0.15, 0.2) is 0 Å². The topological polar surface area (TPSA) is 47.9 Å². The smallest absolute Gasteiger partial charge is 0.377 e. The second-order valence-corrected chi connectivity index (χ2v) is 7.57. The molecule has 4 nitrogen and oxygen atoms in total. The first-order valence-corrected chi connectivity index (χ1v) is 7.73. The SMILES string of the molecule is CCO[Si](CCC(C)(C)C)(N=C=O)OCC. The van der Waals surface area contributed by atoms with Gasteiger partial charge in [-0.15, -0.1) is 0 Å². The summed E-state index contributed by atoms with van der Waals surface area (Å²) in [5, 5.41) is 0. The highest BCUT2D eigenvalue weighted by Crippen LogP contribution is 2.27. The monoisotopic (exact) mass is 245 g/mol. The quantitative estimate of drug-likeness (QED) is 0.393. The predicted molar refractivity (Wildman–Crippen MR) is 66.0 cm³/mol. The lowest BCUT2D eigenvalue weighted by Gasteiger charge is -2.27. The number of isocyanates is 1. The molecule has 0 aromatic rings. The molecule has 5 heteroatoms. The molecule has 0 aromatic carbocycles. The number of hydrogen-bond acceptors (Lipinski definition) is 4. The van der Waals surface area contributed by atoms with Crippen molar-refractivity contribution in [3.63, 3.8) is 0 Å². The Balaban J connectivity index is 4.66. The van der Waals surface area contributed by atoms with Crippen molar-refractivity contribution >= 4 is 14.8 Å². The summed E-state index contributed by atoms with van der Waals surface area (Å²) in [7, 11) is -2.70. The second-order valence-electron chi connectivity index (χ2n) is 4.84. The zero-order chi connectivity index (χ0) is 12.7. The van der Waals surface area contributed by atoms with Crippen LogP contribution in [0.3, 0.4) is 0 Å². The van der Waals surface area contributed by atoms with Gasteiger partial charge >= 0.3 is 8.72 Å². The molecule has 0 saturated heterocycles. The summed E-state index contributed by atoms with van der Waals surface area (Å²) >= 11 is 0. The minimum atomic E-state index is -2.70. The van der Waals surface area contributed by atoms with Crippen LogP contribution in [0.5, 0.6) is 0 Å². The van der Waals surface area contributed by atoms with Crippen LogP contribution in [-0.4, -0.2) is 28.0 Å². The molecule has 0 radical (unpaired) electrons. The molecule has 0 bridgehead atoms. The molecule has 0 saturated carbocycles. The Labute approximate surface area is 99.4 Å². The van der Waals surface area contributed by atoms with E-state index in [0.717, 1.165) is 6.42 Å². The fourth-order valence-electron chi connectivity index (χ4n) is 1.36. The van der Waals surface area contributed by atoms with Crippen molar-refractivity contribution in [1.82, 2.24) is 0 Å². The van der Waals surface area contributed by atoms with E-state index in [1.54, 1.807) is 6.08 Å². The minimum Gasteiger partial charge on any atom is -0.377 e. The van der Waals surface area contributed by atoms with Gasteiger partial charge in [-0.2, -0.15) is 4.66 Å². The average molecular weight is 245 g/mol. The van der Waals surface area contributed by atoms with Crippen LogP contribution >= 0.6 is 0 Å². The molecular weight excluding hydrogens is 222 g/mol. The Morgan fingerprint density at radius 1 is 1.19 bits per heavy atom. The van der Waals surface area contributed by atoms with Crippen LogP contribution in [0.15, 0.2) is 4.66 Å². The van der Waals surface area contributed by atoms with Gasteiger partial charge in [-0.3, -0.25) is 0 Å². The van der Waals surface area contributed by atoms with Crippen molar-refractivity contribution in [2.24, 2.45) is 10.1 Å². The van der Waals surface area contributed by atoms with Gasteiger partial charge in [-0.05, 0) is 25.7 Å². The highest BCUT2D eigenvalue weighted by molar-refractivity contribution is 6.66. The van der Waals surface area contributed by atoms with Gasteiger partial charge in [0.1, 0.15) is 0 Å². The van der Waals surface area contributed by atoms with Crippen LogP contribution in [0.2, 0.25) is 6.04 Å². The van der Waals surface area contributed by atoms with E-state index in [1.807, 2.05) is 13.8 Å². The molecule has 0 fully saturated rings. The van der Waals surface area contributed by atoms with E-state index < -0.39 is 8.72 Å². The molecule has 0 unspecified atom stereocenters. The normalized spacial score (nSPS) is 12.3. The van der Waals surface area contributed by atoms with Crippen molar-refractivity contribution in [2.75, 3.05) is 13.2 Å². The third-order valence-corrected chi connectivity index (χ3v) is 4.94. The Morgan fingerprint density at radius 2 is 1.69 bits per heavy atom. The fourth-order valence-corrected chi connectivity index (χ4v) is 4.08. The van der Waals surface area contributed by atoms with Gasteiger partial charge in [0.25, 0.3) is 0 Å². The van der Waals surface area contributed by atoms with Gasteiger partial charge < -0.3 is 8.85 Å². The standard InChI is InChI=1S/C11H23NO3Si/c1-6-14-16(12-10-13,15-7-2)9-8-11(3,4)5/h6-9H2,1-5H3. The highest BCUT2D eigenvalue weighted by Gasteiger charge is 2.39. The molecule has 0 aliphatic carbocycles. The number of hydrogen-bond donors (Lipinski definition) is 0. The van der Waals surface area contributed by atoms with E-state index in [4.69, 9.17) is 8.85 Å². The first-order chi connectivity index (χ1) is 7.39. The molecule has 0 heterocycles. The second kappa shape index (κ2) is 6.96. The Hall–Kier alpha value is -0.483. The highest BCUT2D eigenvalue weighted by atomic mass is 28.4. The van der Waals surface area contributed by atoms with Crippen molar-refractivity contribution in [1.29, 1.82) is 0 Å². The van der Waals surface area contributed by atoms with Crippen molar-refractivity contribution in [2.45, 2.75) is 47.1 Å². The lowest BCUT2D eigenvalue weighted by Crippen LogP contribution is -2.41. The van der Waals surface area contributed by atoms with Crippen molar-refractivity contribution in [3.05, 3.63) is 0 Å². The maximum absolute atomic E-state index is 10.5. The van der Waals surface area contributed by atoms with Crippen molar-refractivity contribution in [3.8, 4) is 0 Å². The van der Waals surface area contributed by atoms with Gasteiger partial charge in [0.2, 0.25) is 6.08 Å². The molecule has 0 aliphatic heterocycles. The molecule has 0 N–H and O–H groups in total. The third kappa shape index (κ3) is 6.18. The largest absolute Gasteiger partial charge is 0.488 e. The molecule has 0 aromatic heterocycles. The summed E-state index contributed by atoms with van der Waals surface area (Å²) in [6.07, 6.45) is 2.52. The van der Waals surface area contributed by atoms with E-state index in [-0.39, 0.29) is 5.41 Å². The number of rotatable bonds is 7. The van der Waals surface area contributed by atoms with Crippen molar-refractivity contribution < 1.29 is 13.6 Å². The molecule has 0 atom stereocenters. The maximum atomic E-state index is 10.5. The summed E-state index contributed by atoms with van der Waals surface area (Å²) in [6.45, 7) is 11.2. The molecule has 0 aliphatic rings. The van der Waals surface area contributed by atoms with E-state index in [2.05, 4.69) is 25.4 Å². The third-order valence-electron chi connectivity index (χ3n) is 2.15. The van der Waals surface area contributed by atoms with Crippen LogP contribution in [0.4, 0.5) is 0 Å². The summed E-state index contributed by atoms with van der Waals surface area (Å²) in [5.41, 5.74) is 0.185. The molecule has 0 rings (SSSR count). The van der Waals surface area contributed by atoms with Crippen LogP contribution < -0.4 is 0 Å². The fraction of sp³-hybridized carbons (Fsp3) is 0.909. The Morgan fingerprint density at radius 3 is 2.00 bits per heavy atom. The molecule has 0 spiro atoms. The van der Waals surface area contributed by atoms with E-state index in [9.17, 15) is 4.79 Å². The van der Waals surface area contributed by atoms with Crippen LogP contribution in [-0.2, 0) is 13.6 Å². The summed E-state index contributed by atoms with van der Waals surface area (Å²) in [5.74, 6) is 0. The molecule has 94 valence electrons.